The maximum atomic E-state index is 12.1. The first kappa shape index (κ1) is 20.8. The number of carbonyl (C=O) groups excluding carboxylic acids is 2. The number of benzene rings is 2. The first-order valence-electron chi connectivity index (χ1n) is 8.24. The van der Waals surface area contributed by atoms with E-state index >= 15 is 0 Å². The Balaban J connectivity index is 1.85. The molecule has 0 aliphatic carbocycles. The van der Waals surface area contributed by atoms with Gasteiger partial charge in [-0.25, -0.2) is 0 Å². The molecule has 6 nitrogen and oxygen atoms in total. The normalized spacial score (nSPS) is 10.1. The molecule has 2 aromatic rings. The van der Waals surface area contributed by atoms with E-state index in [0.29, 0.717) is 35.0 Å². The van der Waals surface area contributed by atoms with Crippen LogP contribution in [0.1, 0.15) is 27.1 Å². The zero-order valence-corrected chi connectivity index (χ0v) is 16.3. The van der Waals surface area contributed by atoms with Crippen LogP contribution in [-0.2, 0) is 4.74 Å². The maximum Gasteiger partial charge on any atom is 0.257 e. The van der Waals surface area contributed by atoms with Gasteiger partial charge in [-0.05, 0) is 61.1 Å². The van der Waals surface area contributed by atoms with Crippen LogP contribution in [0.4, 0.5) is 5.69 Å². The summed E-state index contributed by atoms with van der Waals surface area (Å²) in [7, 11) is 1.62. The lowest BCUT2D eigenvalue weighted by Gasteiger charge is -2.10. The van der Waals surface area contributed by atoms with Crippen LogP contribution in [0.3, 0.4) is 0 Å². The minimum Gasteiger partial charge on any atom is -0.385 e. The Labute approximate surface area is 168 Å². The zero-order chi connectivity index (χ0) is 19.6. The molecule has 2 rings (SSSR count). The van der Waals surface area contributed by atoms with Crippen molar-refractivity contribution in [3.8, 4) is 0 Å². The van der Waals surface area contributed by atoms with Gasteiger partial charge in [-0.15, -0.1) is 0 Å². The average molecular weight is 406 g/mol. The smallest absolute Gasteiger partial charge is 0.257 e. The van der Waals surface area contributed by atoms with Gasteiger partial charge in [-0.1, -0.05) is 17.7 Å². The number of halogens is 1. The van der Waals surface area contributed by atoms with Gasteiger partial charge < -0.3 is 15.4 Å². The molecule has 0 unspecified atom stereocenters. The van der Waals surface area contributed by atoms with Crippen LogP contribution in [0.2, 0.25) is 5.02 Å². The number of carbonyl (C=O) groups is 2. The number of nitrogens with one attached hydrogen (secondary N) is 3. The molecule has 8 heteroatoms. The van der Waals surface area contributed by atoms with Crippen molar-refractivity contribution in [1.82, 2.24) is 10.6 Å². The van der Waals surface area contributed by atoms with E-state index in [1.165, 1.54) is 0 Å². The largest absolute Gasteiger partial charge is 0.385 e. The van der Waals surface area contributed by atoms with E-state index in [1.807, 2.05) is 0 Å². The number of methoxy groups -OCH3 is 1. The van der Waals surface area contributed by atoms with Gasteiger partial charge >= 0.3 is 0 Å². The summed E-state index contributed by atoms with van der Waals surface area (Å²) in [4.78, 5) is 24.1. The molecular formula is C19H20ClN3O3S. The molecule has 0 aliphatic rings. The second kappa shape index (κ2) is 10.6. The number of hydrogen-bond donors (Lipinski definition) is 3. The summed E-state index contributed by atoms with van der Waals surface area (Å²) in [5.41, 5.74) is 1.60. The van der Waals surface area contributed by atoms with Crippen molar-refractivity contribution >= 4 is 46.4 Å². The Morgan fingerprint density at radius 1 is 1.07 bits per heavy atom. The molecule has 0 aromatic heterocycles. The highest BCUT2D eigenvalue weighted by Gasteiger charge is 2.09. The minimum absolute atomic E-state index is 0.150. The first-order chi connectivity index (χ1) is 13.0. The summed E-state index contributed by atoms with van der Waals surface area (Å²) in [5.74, 6) is -0.517. The van der Waals surface area contributed by atoms with Crippen LogP contribution in [-0.4, -0.2) is 37.2 Å². The number of anilines is 1. The van der Waals surface area contributed by atoms with Gasteiger partial charge in [0, 0.05) is 42.1 Å². The fourth-order valence-electron chi connectivity index (χ4n) is 2.19. The second-order valence-corrected chi connectivity index (χ2v) is 6.44. The van der Waals surface area contributed by atoms with E-state index < -0.39 is 0 Å². The molecular weight excluding hydrogens is 386 g/mol. The molecule has 0 spiro atoms. The predicted molar refractivity (Wildman–Crippen MR) is 110 cm³/mol. The number of hydrogen-bond acceptors (Lipinski definition) is 4. The monoisotopic (exact) mass is 405 g/mol. The van der Waals surface area contributed by atoms with Crippen LogP contribution in [0.5, 0.6) is 0 Å². The average Bonchev–Trinajstić information content (AvgIpc) is 2.65. The van der Waals surface area contributed by atoms with Crippen LogP contribution in [0.15, 0.2) is 48.5 Å². The molecule has 0 saturated heterocycles. The van der Waals surface area contributed by atoms with Gasteiger partial charge in [-0.2, -0.15) is 0 Å². The van der Waals surface area contributed by atoms with Gasteiger partial charge in [0.05, 0.1) is 0 Å². The summed E-state index contributed by atoms with van der Waals surface area (Å²) in [5, 5.41) is 8.91. The lowest BCUT2D eigenvalue weighted by molar-refractivity contribution is 0.0946. The summed E-state index contributed by atoms with van der Waals surface area (Å²) < 4.78 is 4.94. The number of rotatable bonds is 7. The van der Waals surface area contributed by atoms with Crippen molar-refractivity contribution in [3.63, 3.8) is 0 Å². The SMILES string of the molecule is COCCCNC(=O)c1ccc(NC(=S)NC(=O)c2cccc(Cl)c2)cc1. The van der Waals surface area contributed by atoms with Crippen molar-refractivity contribution in [2.24, 2.45) is 0 Å². The molecule has 0 radical (unpaired) electrons. The van der Waals surface area contributed by atoms with Gasteiger partial charge in [-0.3, -0.25) is 14.9 Å². The Morgan fingerprint density at radius 2 is 1.81 bits per heavy atom. The van der Waals surface area contributed by atoms with Crippen LogP contribution in [0.25, 0.3) is 0 Å². The summed E-state index contributed by atoms with van der Waals surface area (Å²) in [6, 6.07) is 13.3. The van der Waals surface area contributed by atoms with E-state index in [0.717, 1.165) is 6.42 Å². The van der Waals surface area contributed by atoms with Gasteiger partial charge in [0.1, 0.15) is 0 Å². The predicted octanol–water partition coefficient (Wildman–Crippen LogP) is 3.23. The Kier molecular flexibility index (Phi) is 8.19. The van der Waals surface area contributed by atoms with Crippen molar-refractivity contribution in [1.29, 1.82) is 0 Å². The van der Waals surface area contributed by atoms with Gasteiger partial charge in [0.25, 0.3) is 11.8 Å². The van der Waals surface area contributed by atoms with Gasteiger partial charge in [0.15, 0.2) is 5.11 Å². The molecule has 0 aliphatic heterocycles. The lowest BCUT2D eigenvalue weighted by Crippen LogP contribution is -2.34. The highest BCUT2D eigenvalue weighted by Crippen LogP contribution is 2.12. The second-order valence-electron chi connectivity index (χ2n) is 5.60. The third kappa shape index (κ3) is 6.97. The Hall–Kier alpha value is -2.48. The van der Waals surface area contributed by atoms with Crippen LogP contribution < -0.4 is 16.0 Å². The lowest BCUT2D eigenvalue weighted by atomic mass is 10.2. The quantitative estimate of drug-likeness (QED) is 0.487. The fraction of sp³-hybridized carbons (Fsp3) is 0.211. The number of amides is 2. The molecule has 0 saturated carbocycles. The van der Waals surface area contributed by atoms with Crippen molar-refractivity contribution < 1.29 is 14.3 Å². The fourth-order valence-corrected chi connectivity index (χ4v) is 2.59. The number of ether oxygens (including phenoxy) is 1. The summed E-state index contributed by atoms with van der Waals surface area (Å²) in [6.07, 6.45) is 0.752. The first-order valence-corrected chi connectivity index (χ1v) is 9.03. The van der Waals surface area contributed by atoms with Crippen molar-refractivity contribution in [3.05, 3.63) is 64.7 Å². The molecule has 0 atom stereocenters. The highest BCUT2D eigenvalue weighted by molar-refractivity contribution is 7.80. The molecule has 27 heavy (non-hydrogen) atoms. The highest BCUT2D eigenvalue weighted by atomic mass is 35.5. The Bertz CT molecular complexity index is 812. The molecule has 2 aromatic carbocycles. The Morgan fingerprint density at radius 3 is 2.48 bits per heavy atom. The molecule has 2 amide bonds. The standard InChI is InChI=1S/C19H20ClN3O3S/c1-26-11-3-10-21-17(24)13-6-8-16(9-7-13)22-19(27)23-18(25)14-4-2-5-15(20)12-14/h2,4-9,12H,3,10-11H2,1H3,(H,21,24)(H2,22,23,25,27). The van der Waals surface area contributed by atoms with E-state index in [-0.39, 0.29) is 16.9 Å². The van der Waals surface area contributed by atoms with E-state index in [9.17, 15) is 9.59 Å². The zero-order valence-electron chi connectivity index (χ0n) is 14.8. The summed E-state index contributed by atoms with van der Waals surface area (Å²) >= 11 is 11.0. The van der Waals surface area contributed by atoms with Crippen molar-refractivity contribution in [2.75, 3.05) is 25.6 Å². The molecule has 0 bridgehead atoms. The number of thiocarbonyl (C=S) groups is 1. The van der Waals surface area contributed by atoms with Gasteiger partial charge in [0.2, 0.25) is 0 Å². The minimum atomic E-state index is -0.359. The van der Waals surface area contributed by atoms with E-state index in [2.05, 4.69) is 16.0 Å². The van der Waals surface area contributed by atoms with Crippen LogP contribution >= 0.6 is 23.8 Å². The molecule has 3 N–H and O–H groups in total. The van der Waals surface area contributed by atoms with Crippen LogP contribution in [0, 0.1) is 0 Å². The topological polar surface area (TPSA) is 79.5 Å². The molecule has 0 heterocycles. The third-order valence-electron chi connectivity index (χ3n) is 3.53. The van der Waals surface area contributed by atoms with E-state index in [4.69, 9.17) is 28.6 Å². The summed E-state index contributed by atoms with van der Waals surface area (Å²) in [6.45, 7) is 1.15. The van der Waals surface area contributed by atoms with E-state index in [1.54, 1.807) is 55.6 Å². The maximum absolute atomic E-state index is 12.1. The molecule has 0 fully saturated rings. The van der Waals surface area contributed by atoms with Crippen molar-refractivity contribution in [2.45, 2.75) is 6.42 Å². The third-order valence-corrected chi connectivity index (χ3v) is 3.97. The molecule has 142 valence electrons.